The summed E-state index contributed by atoms with van der Waals surface area (Å²) in [7, 11) is 1.41. The Hall–Kier alpha value is -1.10. The molecule has 1 saturated heterocycles. The first kappa shape index (κ1) is 12.4. The second kappa shape index (κ2) is 5.04. The Morgan fingerprint density at radius 1 is 1.59 bits per heavy atom. The molecule has 92 valence electrons. The number of ether oxygens (including phenoxy) is 1. The molecule has 1 aromatic rings. The third-order valence-electron chi connectivity index (χ3n) is 2.86. The summed E-state index contributed by atoms with van der Waals surface area (Å²) in [6, 6.07) is 4.61. The molecule has 3 nitrogen and oxygen atoms in total. The Morgan fingerprint density at radius 3 is 2.94 bits per heavy atom. The van der Waals surface area contributed by atoms with Gasteiger partial charge in [0, 0.05) is 18.3 Å². The van der Waals surface area contributed by atoms with E-state index in [1.54, 1.807) is 17.0 Å². The van der Waals surface area contributed by atoms with E-state index in [0.29, 0.717) is 18.7 Å². The zero-order chi connectivity index (χ0) is 12.4. The van der Waals surface area contributed by atoms with Crippen molar-refractivity contribution in [2.45, 2.75) is 6.42 Å². The molecule has 1 aliphatic rings. The van der Waals surface area contributed by atoms with Crippen LogP contribution in [0.15, 0.2) is 18.2 Å². The molecule has 1 aliphatic heterocycles. The van der Waals surface area contributed by atoms with Gasteiger partial charge in [0.25, 0.3) is 0 Å². The van der Waals surface area contributed by atoms with Crippen molar-refractivity contribution in [2.75, 3.05) is 23.9 Å². The van der Waals surface area contributed by atoms with Crippen molar-refractivity contribution in [3.63, 3.8) is 0 Å². The first-order valence-corrected chi connectivity index (χ1v) is 6.48. The van der Waals surface area contributed by atoms with E-state index in [1.807, 2.05) is 0 Å². The number of carbonyl (C=O) groups is 1. The van der Waals surface area contributed by atoms with Crippen LogP contribution in [0.2, 0.25) is 0 Å². The van der Waals surface area contributed by atoms with Gasteiger partial charge >= 0.3 is 0 Å². The molecule has 0 aromatic heterocycles. The lowest BCUT2D eigenvalue weighted by Crippen LogP contribution is -2.25. The van der Waals surface area contributed by atoms with Gasteiger partial charge in [-0.1, -0.05) is 22.0 Å². The maximum Gasteiger partial charge on any atom is 0.227 e. The summed E-state index contributed by atoms with van der Waals surface area (Å²) in [4.78, 5) is 13.4. The second-order valence-corrected chi connectivity index (χ2v) is 4.67. The summed E-state index contributed by atoms with van der Waals surface area (Å²) in [5.74, 6) is -0.0232. The van der Waals surface area contributed by atoms with Crippen molar-refractivity contribution in [2.24, 2.45) is 5.92 Å². The number of amides is 1. The molecule has 1 amide bonds. The van der Waals surface area contributed by atoms with Gasteiger partial charge in [-0.05, 0) is 18.1 Å². The number of hydrogen-bond donors (Lipinski definition) is 0. The highest BCUT2D eigenvalue weighted by Gasteiger charge is 2.32. The predicted molar refractivity (Wildman–Crippen MR) is 67.2 cm³/mol. The van der Waals surface area contributed by atoms with E-state index in [-0.39, 0.29) is 17.6 Å². The number of halogens is 2. The highest BCUT2D eigenvalue weighted by Crippen LogP contribution is 2.35. The van der Waals surface area contributed by atoms with E-state index in [4.69, 9.17) is 4.74 Å². The smallest absolute Gasteiger partial charge is 0.227 e. The largest absolute Gasteiger partial charge is 0.492 e. The molecule has 1 unspecified atom stereocenters. The number of methoxy groups -OCH3 is 1. The fourth-order valence-electron chi connectivity index (χ4n) is 2.03. The van der Waals surface area contributed by atoms with Crippen LogP contribution in [0.25, 0.3) is 0 Å². The number of nitrogens with zero attached hydrogens (tertiary/aromatic N) is 1. The van der Waals surface area contributed by atoms with Gasteiger partial charge in [-0.25, -0.2) is 4.39 Å². The van der Waals surface area contributed by atoms with E-state index in [2.05, 4.69) is 15.9 Å². The van der Waals surface area contributed by atoms with Crippen LogP contribution in [0.1, 0.15) is 6.42 Å². The van der Waals surface area contributed by atoms with Gasteiger partial charge in [0.1, 0.15) is 0 Å². The van der Waals surface area contributed by atoms with Crippen LogP contribution < -0.4 is 9.64 Å². The quantitative estimate of drug-likeness (QED) is 0.803. The van der Waals surface area contributed by atoms with Crippen molar-refractivity contribution in [3.8, 4) is 5.75 Å². The summed E-state index contributed by atoms with van der Waals surface area (Å²) in [6.07, 6.45) is 0.491. The van der Waals surface area contributed by atoms with E-state index in [1.165, 1.54) is 13.2 Å². The molecule has 0 bridgehead atoms. The summed E-state index contributed by atoms with van der Waals surface area (Å²) in [5.41, 5.74) is 0.515. The van der Waals surface area contributed by atoms with Gasteiger partial charge in [-0.3, -0.25) is 4.79 Å². The maximum atomic E-state index is 13.5. The predicted octanol–water partition coefficient (Wildman–Crippen LogP) is 2.58. The monoisotopic (exact) mass is 301 g/mol. The Kier molecular flexibility index (Phi) is 3.66. The Bertz CT molecular complexity index is 439. The zero-order valence-corrected chi connectivity index (χ0v) is 11.0. The molecule has 1 fully saturated rings. The van der Waals surface area contributed by atoms with Gasteiger partial charge < -0.3 is 9.64 Å². The Morgan fingerprint density at radius 2 is 2.35 bits per heavy atom. The van der Waals surface area contributed by atoms with E-state index < -0.39 is 5.82 Å². The average molecular weight is 302 g/mol. The first-order valence-electron chi connectivity index (χ1n) is 5.36. The average Bonchev–Trinajstić information content (AvgIpc) is 2.70. The SMILES string of the molecule is COc1c(F)cccc1N1CC(CBr)CC1=O. The lowest BCUT2D eigenvalue weighted by molar-refractivity contribution is -0.117. The minimum Gasteiger partial charge on any atom is -0.492 e. The van der Waals surface area contributed by atoms with Gasteiger partial charge in [-0.2, -0.15) is 0 Å². The summed E-state index contributed by atoms with van der Waals surface area (Å²) in [5, 5.41) is 0.771. The van der Waals surface area contributed by atoms with Crippen molar-refractivity contribution >= 4 is 27.5 Å². The number of alkyl halides is 1. The molecule has 17 heavy (non-hydrogen) atoms. The van der Waals surface area contributed by atoms with Gasteiger partial charge in [0.05, 0.1) is 12.8 Å². The van der Waals surface area contributed by atoms with Crippen LogP contribution in [0.5, 0.6) is 5.75 Å². The van der Waals surface area contributed by atoms with Crippen LogP contribution in [-0.2, 0) is 4.79 Å². The van der Waals surface area contributed by atoms with E-state index in [9.17, 15) is 9.18 Å². The molecule has 1 aromatic carbocycles. The third-order valence-corrected chi connectivity index (χ3v) is 3.78. The van der Waals surface area contributed by atoms with Crippen molar-refractivity contribution < 1.29 is 13.9 Å². The number of para-hydroxylation sites is 1. The lowest BCUT2D eigenvalue weighted by Gasteiger charge is -2.19. The number of benzene rings is 1. The van der Waals surface area contributed by atoms with Crippen LogP contribution in [0.3, 0.4) is 0 Å². The summed E-state index contributed by atoms with van der Waals surface area (Å²) < 4.78 is 18.6. The van der Waals surface area contributed by atoms with Crippen LogP contribution >= 0.6 is 15.9 Å². The molecule has 0 N–H and O–H groups in total. The molecule has 0 saturated carbocycles. The highest BCUT2D eigenvalue weighted by molar-refractivity contribution is 9.09. The van der Waals surface area contributed by atoms with E-state index in [0.717, 1.165) is 5.33 Å². The molecule has 0 radical (unpaired) electrons. The Labute approximate surface area is 108 Å². The van der Waals surface area contributed by atoms with Crippen LogP contribution in [-0.4, -0.2) is 24.9 Å². The van der Waals surface area contributed by atoms with Gasteiger partial charge in [0.2, 0.25) is 5.91 Å². The fraction of sp³-hybridized carbons (Fsp3) is 0.417. The summed E-state index contributed by atoms with van der Waals surface area (Å²) >= 11 is 3.37. The van der Waals surface area contributed by atoms with Crippen molar-refractivity contribution in [1.82, 2.24) is 0 Å². The molecule has 2 rings (SSSR count). The minimum absolute atomic E-state index is 0.0124. The molecule has 5 heteroatoms. The molecule has 1 atom stereocenters. The van der Waals surface area contributed by atoms with Crippen LogP contribution in [0, 0.1) is 11.7 Å². The second-order valence-electron chi connectivity index (χ2n) is 4.02. The maximum absolute atomic E-state index is 13.5. The lowest BCUT2D eigenvalue weighted by atomic mass is 10.2. The fourth-order valence-corrected chi connectivity index (χ4v) is 2.46. The first-order chi connectivity index (χ1) is 8.17. The standard InChI is InChI=1S/C12H13BrFNO2/c1-17-12-9(14)3-2-4-10(12)15-7-8(6-13)5-11(15)16/h2-4,8H,5-7H2,1H3. The topological polar surface area (TPSA) is 29.5 Å². The zero-order valence-electron chi connectivity index (χ0n) is 9.45. The summed E-state index contributed by atoms with van der Waals surface area (Å²) in [6.45, 7) is 0.601. The van der Waals surface area contributed by atoms with Gasteiger partial charge in [0.15, 0.2) is 11.6 Å². The number of hydrogen-bond acceptors (Lipinski definition) is 2. The van der Waals surface area contributed by atoms with Gasteiger partial charge in [-0.15, -0.1) is 0 Å². The van der Waals surface area contributed by atoms with Crippen LogP contribution in [0.4, 0.5) is 10.1 Å². The highest BCUT2D eigenvalue weighted by atomic mass is 79.9. The number of anilines is 1. The number of rotatable bonds is 3. The van der Waals surface area contributed by atoms with Crippen molar-refractivity contribution in [1.29, 1.82) is 0 Å². The third kappa shape index (κ3) is 2.29. The molecule has 0 aliphatic carbocycles. The molecular weight excluding hydrogens is 289 g/mol. The van der Waals surface area contributed by atoms with E-state index >= 15 is 0 Å². The molecule has 0 spiro atoms. The number of carbonyl (C=O) groups excluding carboxylic acids is 1. The molecular formula is C12H13BrFNO2. The molecule has 1 heterocycles. The van der Waals surface area contributed by atoms with Crippen molar-refractivity contribution in [3.05, 3.63) is 24.0 Å². The minimum atomic E-state index is -0.444. The normalized spacial score (nSPS) is 19.8. The Balaban J connectivity index is 2.34.